The number of nitrogens with zero attached hydrogens (tertiary/aromatic N) is 5. The SMILES string of the molecule is CC(C)C(=O)Nc1nc2c(ncn2[C@H]2C[C@H](OP(OCCC#N)N(C(C)C)C(C)C)[C@@H](CO[Si](OCc3ccc4ccc5cccc6ccc3c4c56)(C(C)(C)C)C(C)(C)C)O2)c(=O)[nH]1. The highest BCUT2D eigenvalue weighted by Gasteiger charge is 2.59. The molecule has 64 heavy (non-hydrogen) atoms. The smallest absolute Gasteiger partial charge is 0.349 e. The second-order valence-corrected chi connectivity index (χ2v) is 26.0. The first-order valence-electron chi connectivity index (χ1n) is 22.4. The van der Waals surface area contributed by atoms with Crippen molar-refractivity contribution in [3.8, 4) is 6.07 Å². The summed E-state index contributed by atoms with van der Waals surface area (Å²) < 4.78 is 39.1. The first-order valence-corrected chi connectivity index (χ1v) is 25.3. The van der Waals surface area contributed by atoms with E-state index in [0.29, 0.717) is 13.0 Å². The fourth-order valence-electron chi connectivity index (χ4n) is 9.33. The zero-order chi connectivity index (χ0) is 46.3. The minimum absolute atomic E-state index is 0.0236. The van der Waals surface area contributed by atoms with Gasteiger partial charge in [0.2, 0.25) is 11.9 Å². The summed E-state index contributed by atoms with van der Waals surface area (Å²) in [5.74, 6) is -0.589. The van der Waals surface area contributed by atoms with Crippen molar-refractivity contribution >= 4 is 72.4 Å². The molecule has 0 radical (unpaired) electrons. The van der Waals surface area contributed by atoms with Crippen LogP contribution >= 0.6 is 8.53 Å². The number of hydrogen-bond donors (Lipinski definition) is 2. The Hall–Kier alpha value is -4.36. The number of ether oxygens (including phenoxy) is 1. The number of hydrogen-bond acceptors (Lipinski definition) is 11. The molecule has 1 fully saturated rings. The summed E-state index contributed by atoms with van der Waals surface area (Å²) in [6.07, 6.45) is 0.249. The Bertz CT molecular complexity index is 2660. The van der Waals surface area contributed by atoms with Crippen molar-refractivity contribution < 1.29 is 27.4 Å². The van der Waals surface area contributed by atoms with E-state index >= 15 is 0 Å². The van der Waals surface area contributed by atoms with E-state index in [1.807, 2.05) is 0 Å². The average Bonchev–Trinajstić information content (AvgIpc) is 3.83. The molecule has 0 bridgehead atoms. The fraction of sp³-hybridized carbons (Fsp3) is 0.521. The van der Waals surface area contributed by atoms with Crippen molar-refractivity contribution in [3.05, 3.63) is 76.8 Å². The summed E-state index contributed by atoms with van der Waals surface area (Å²) in [5.41, 5.74) is 0.985. The molecule has 4 aromatic carbocycles. The Morgan fingerprint density at radius 3 is 2.23 bits per heavy atom. The van der Waals surface area contributed by atoms with Gasteiger partial charge in [-0.2, -0.15) is 10.2 Å². The van der Waals surface area contributed by atoms with E-state index in [4.69, 9.17) is 22.6 Å². The van der Waals surface area contributed by atoms with Gasteiger partial charge < -0.3 is 22.6 Å². The molecule has 4 atom stereocenters. The number of imidazole rings is 1. The molecule has 3 heterocycles. The topological polar surface area (TPSA) is 166 Å². The first kappa shape index (κ1) is 47.6. The molecular formula is C48H64N7O7PSi. The van der Waals surface area contributed by atoms with Crippen LogP contribution in [0.15, 0.2) is 65.7 Å². The maximum atomic E-state index is 13.2. The number of carbonyl (C=O) groups excluding carboxylic acids is 1. The lowest BCUT2D eigenvalue weighted by atomic mass is 9.92. The molecule has 1 aliphatic heterocycles. The van der Waals surface area contributed by atoms with Crippen molar-refractivity contribution in [3.63, 3.8) is 0 Å². The molecule has 1 saturated heterocycles. The Balaban J connectivity index is 1.25. The quantitative estimate of drug-likeness (QED) is 0.0387. The summed E-state index contributed by atoms with van der Waals surface area (Å²) in [5, 5.41) is 18.6. The Morgan fingerprint density at radius 2 is 1.61 bits per heavy atom. The number of nitriles is 1. The lowest BCUT2D eigenvalue weighted by Gasteiger charge is -2.49. The highest BCUT2D eigenvalue weighted by atomic mass is 31.2. The van der Waals surface area contributed by atoms with E-state index in [-0.39, 0.29) is 60.7 Å². The van der Waals surface area contributed by atoms with Gasteiger partial charge >= 0.3 is 8.56 Å². The van der Waals surface area contributed by atoms with E-state index in [1.54, 1.807) is 18.4 Å². The molecule has 7 rings (SSSR count). The number of benzene rings is 4. The van der Waals surface area contributed by atoms with Crippen molar-refractivity contribution in [1.82, 2.24) is 24.2 Å². The van der Waals surface area contributed by atoms with Gasteiger partial charge in [0.05, 0.1) is 44.7 Å². The normalized spacial score (nSPS) is 18.2. The van der Waals surface area contributed by atoms with Gasteiger partial charge in [-0.05, 0) is 65.6 Å². The van der Waals surface area contributed by atoms with E-state index in [1.165, 1.54) is 38.6 Å². The van der Waals surface area contributed by atoms with Crippen LogP contribution in [0.1, 0.15) is 108 Å². The monoisotopic (exact) mass is 909 g/mol. The Kier molecular flexibility index (Phi) is 14.0. The predicted molar refractivity (Wildman–Crippen MR) is 256 cm³/mol. The van der Waals surface area contributed by atoms with Crippen LogP contribution in [0.25, 0.3) is 43.5 Å². The standard InChI is InChI=1S/C48H64N7O7PSi/c1-29(2)44(56)52-46-51-43-42(45(57)53-46)50-28-54(43)39-25-37(62-63(58-24-14-23-49)55(30(3)4)31(5)6)38(61-39)27-60-64(47(7,8)9,48(10,11)12)59-26-35-20-19-34-18-17-32-15-13-16-33-21-22-36(35)41(34)40(32)33/h13,15-22,28-31,37-39H,14,24-27H2,1-12H3,(H2,51,52,53,56,57)/t37-,38+,39+,63?/m0/s1. The highest BCUT2D eigenvalue weighted by Crippen LogP contribution is 2.54. The molecule has 1 unspecified atom stereocenters. The number of amides is 1. The van der Waals surface area contributed by atoms with Gasteiger partial charge in [0.15, 0.2) is 11.2 Å². The number of fused-ring (bicyclic) bond motifs is 1. The lowest BCUT2D eigenvalue weighted by molar-refractivity contribution is -0.118. The number of rotatable bonds is 17. The van der Waals surface area contributed by atoms with E-state index in [9.17, 15) is 14.9 Å². The summed E-state index contributed by atoms with van der Waals surface area (Å²) >= 11 is 0. The van der Waals surface area contributed by atoms with Crippen LogP contribution in [-0.2, 0) is 34.0 Å². The van der Waals surface area contributed by atoms with Gasteiger partial charge in [-0.1, -0.05) is 110 Å². The molecule has 6 aromatic rings. The Morgan fingerprint density at radius 1 is 0.969 bits per heavy atom. The Labute approximate surface area is 378 Å². The van der Waals surface area contributed by atoms with Crippen molar-refractivity contribution in [2.24, 2.45) is 5.92 Å². The second kappa shape index (κ2) is 18.9. The molecule has 0 aliphatic carbocycles. The molecule has 0 spiro atoms. The molecule has 16 heteroatoms. The van der Waals surface area contributed by atoms with Crippen LogP contribution in [0, 0.1) is 17.2 Å². The number of nitrogens with one attached hydrogen (secondary N) is 2. The van der Waals surface area contributed by atoms with Crippen molar-refractivity contribution in [1.29, 1.82) is 5.26 Å². The predicted octanol–water partition coefficient (Wildman–Crippen LogP) is 10.8. The maximum Gasteiger partial charge on any atom is 0.349 e. The van der Waals surface area contributed by atoms with Crippen LogP contribution in [0.3, 0.4) is 0 Å². The van der Waals surface area contributed by atoms with Crippen LogP contribution in [-0.4, -0.2) is 76.2 Å². The third-order valence-electron chi connectivity index (χ3n) is 12.1. The third kappa shape index (κ3) is 9.35. The average molecular weight is 910 g/mol. The molecule has 1 aliphatic rings. The summed E-state index contributed by atoms with van der Waals surface area (Å²) in [6, 6.07) is 22.0. The summed E-state index contributed by atoms with van der Waals surface area (Å²) in [6.45, 7) is 25.8. The first-order chi connectivity index (χ1) is 30.2. The number of aromatic amines is 1. The van der Waals surface area contributed by atoms with E-state index < -0.39 is 51.2 Å². The van der Waals surface area contributed by atoms with Gasteiger partial charge in [-0.15, -0.1) is 0 Å². The van der Waals surface area contributed by atoms with Gasteiger partial charge in [-0.25, -0.2) is 9.65 Å². The maximum absolute atomic E-state index is 13.2. The molecule has 342 valence electrons. The minimum Gasteiger partial charge on any atom is -0.391 e. The van der Waals surface area contributed by atoms with Crippen molar-refractivity contribution in [2.45, 2.75) is 143 Å². The zero-order valence-corrected chi connectivity index (χ0v) is 41.2. The lowest BCUT2D eigenvalue weighted by Crippen LogP contribution is -2.58. The van der Waals surface area contributed by atoms with Gasteiger partial charge in [0.1, 0.15) is 12.3 Å². The molecule has 14 nitrogen and oxygen atoms in total. The van der Waals surface area contributed by atoms with Crippen LogP contribution in [0.5, 0.6) is 0 Å². The highest BCUT2D eigenvalue weighted by molar-refractivity contribution is 7.44. The number of H-pyrrole nitrogens is 1. The van der Waals surface area contributed by atoms with Crippen LogP contribution in [0.4, 0.5) is 5.95 Å². The van der Waals surface area contributed by atoms with Crippen molar-refractivity contribution in [2.75, 3.05) is 18.5 Å². The molecule has 2 N–H and O–H groups in total. The largest absolute Gasteiger partial charge is 0.391 e. The zero-order valence-electron chi connectivity index (χ0n) is 39.3. The summed E-state index contributed by atoms with van der Waals surface area (Å²) in [4.78, 5) is 37.6. The van der Waals surface area contributed by atoms with Gasteiger partial charge in [-0.3, -0.25) is 24.5 Å². The molecule has 0 saturated carbocycles. The number of anilines is 1. The molecular weight excluding hydrogens is 846 g/mol. The number of aromatic nitrogens is 4. The van der Waals surface area contributed by atoms with Crippen LogP contribution in [0.2, 0.25) is 10.1 Å². The third-order valence-corrected chi connectivity index (χ3v) is 19.3. The molecule has 1 amide bonds. The van der Waals surface area contributed by atoms with Gasteiger partial charge in [0.25, 0.3) is 14.1 Å². The molecule has 2 aromatic heterocycles. The van der Waals surface area contributed by atoms with E-state index in [2.05, 4.69) is 155 Å². The minimum atomic E-state index is -3.26. The van der Waals surface area contributed by atoms with E-state index in [0.717, 1.165) is 5.56 Å². The summed E-state index contributed by atoms with van der Waals surface area (Å²) in [7, 11) is -4.93. The fourth-order valence-corrected chi connectivity index (χ4v) is 15.9. The second-order valence-electron chi connectivity index (χ2n) is 19.7. The van der Waals surface area contributed by atoms with Gasteiger partial charge in [0, 0.05) is 34.5 Å². The number of carbonyl (C=O) groups is 1. The van der Waals surface area contributed by atoms with Crippen LogP contribution < -0.4 is 10.9 Å².